The van der Waals surface area contributed by atoms with Crippen molar-refractivity contribution < 1.29 is 4.74 Å². The smallest absolute Gasteiger partial charge is 0.0826 e. The fourth-order valence-corrected chi connectivity index (χ4v) is 2.59. The second kappa shape index (κ2) is 7.03. The number of morpholine rings is 1. The molecule has 1 aliphatic heterocycles. The Morgan fingerprint density at radius 2 is 2.32 bits per heavy atom. The highest BCUT2D eigenvalue weighted by Crippen LogP contribution is 2.08. The Labute approximate surface area is 115 Å². The zero-order valence-corrected chi connectivity index (χ0v) is 12.4. The summed E-state index contributed by atoms with van der Waals surface area (Å²) in [4.78, 5) is 2.44. The molecule has 1 aromatic heterocycles. The maximum atomic E-state index is 5.78. The van der Waals surface area contributed by atoms with Gasteiger partial charge in [0.1, 0.15) is 0 Å². The van der Waals surface area contributed by atoms with Crippen molar-refractivity contribution in [2.75, 3.05) is 32.8 Å². The van der Waals surface area contributed by atoms with Crippen LogP contribution in [0.25, 0.3) is 0 Å². The third-order valence-corrected chi connectivity index (χ3v) is 3.68. The van der Waals surface area contributed by atoms with Gasteiger partial charge < -0.3 is 10.1 Å². The van der Waals surface area contributed by atoms with E-state index in [2.05, 4.69) is 35.4 Å². The quantitative estimate of drug-likeness (QED) is 0.827. The first-order valence-corrected chi connectivity index (χ1v) is 7.29. The summed E-state index contributed by atoms with van der Waals surface area (Å²) in [5.41, 5.74) is 2.49. The van der Waals surface area contributed by atoms with Crippen LogP contribution in [0.1, 0.15) is 25.1 Å². The molecule has 0 bridgehead atoms. The molecule has 1 fully saturated rings. The largest absolute Gasteiger partial charge is 0.374 e. The highest BCUT2D eigenvalue weighted by atomic mass is 16.5. The van der Waals surface area contributed by atoms with E-state index in [4.69, 9.17) is 4.74 Å². The lowest BCUT2D eigenvalue weighted by atomic mass is 10.2. The van der Waals surface area contributed by atoms with E-state index in [1.807, 2.05) is 11.7 Å². The van der Waals surface area contributed by atoms with E-state index < -0.39 is 0 Å². The summed E-state index contributed by atoms with van der Waals surface area (Å²) in [6, 6.07) is 0. The third kappa shape index (κ3) is 4.03. The number of aromatic nitrogens is 2. The third-order valence-electron chi connectivity index (χ3n) is 3.68. The first-order chi connectivity index (χ1) is 9.22. The van der Waals surface area contributed by atoms with E-state index >= 15 is 0 Å². The highest BCUT2D eigenvalue weighted by molar-refractivity contribution is 5.16. The minimum absolute atomic E-state index is 0.315. The van der Waals surface area contributed by atoms with Crippen LogP contribution >= 0.6 is 0 Å². The number of aryl methyl sites for hydroxylation is 2. The number of nitrogens with zero attached hydrogens (tertiary/aromatic N) is 3. The van der Waals surface area contributed by atoms with Crippen LogP contribution in [-0.2, 0) is 24.8 Å². The van der Waals surface area contributed by atoms with Crippen LogP contribution in [-0.4, -0.2) is 53.6 Å². The molecular formula is C14H26N4O. The van der Waals surface area contributed by atoms with Gasteiger partial charge in [-0.2, -0.15) is 5.10 Å². The lowest BCUT2D eigenvalue weighted by Gasteiger charge is -2.32. The summed E-state index contributed by atoms with van der Waals surface area (Å²) >= 11 is 0. The van der Waals surface area contributed by atoms with Crippen LogP contribution in [0.3, 0.4) is 0 Å². The number of likely N-dealkylation sites (N-methyl/N-ethyl adjacent to an activating group) is 1. The molecule has 1 saturated heterocycles. The van der Waals surface area contributed by atoms with Gasteiger partial charge >= 0.3 is 0 Å². The SMILES string of the molecule is CCc1nn(C)cc1CNCC1CN(CC)CCO1. The Kier molecular flexibility index (Phi) is 5.36. The van der Waals surface area contributed by atoms with E-state index in [0.717, 1.165) is 45.8 Å². The number of ether oxygens (including phenoxy) is 1. The Balaban J connectivity index is 1.76. The molecule has 2 rings (SSSR count). The number of hydrogen-bond acceptors (Lipinski definition) is 4. The van der Waals surface area contributed by atoms with E-state index in [-0.39, 0.29) is 0 Å². The minimum atomic E-state index is 0.315. The van der Waals surface area contributed by atoms with Gasteiger partial charge in [-0.25, -0.2) is 0 Å². The monoisotopic (exact) mass is 266 g/mol. The molecule has 0 amide bonds. The Morgan fingerprint density at radius 3 is 3.05 bits per heavy atom. The lowest BCUT2D eigenvalue weighted by Crippen LogP contribution is -2.46. The van der Waals surface area contributed by atoms with Crippen LogP contribution in [0.2, 0.25) is 0 Å². The van der Waals surface area contributed by atoms with Crippen LogP contribution in [0.4, 0.5) is 0 Å². The van der Waals surface area contributed by atoms with Crippen molar-refractivity contribution >= 4 is 0 Å². The molecule has 0 aliphatic carbocycles. The fourth-order valence-electron chi connectivity index (χ4n) is 2.59. The minimum Gasteiger partial charge on any atom is -0.374 e. The fraction of sp³-hybridized carbons (Fsp3) is 0.786. The molecular weight excluding hydrogens is 240 g/mol. The molecule has 1 unspecified atom stereocenters. The predicted molar refractivity (Wildman–Crippen MR) is 76.1 cm³/mol. The maximum absolute atomic E-state index is 5.78. The van der Waals surface area contributed by atoms with Crippen molar-refractivity contribution in [2.45, 2.75) is 32.9 Å². The Bertz CT molecular complexity index is 391. The van der Waals surface area contributed by atoms with Gasteiger partial charge in [-0.3, -0.25) is 9.58 Å². The highest BCUT2D eigenvalue weighted by Gasteiger charge is 2.18. The first-order valence-electron chi connectivity index (χ1n) is 7.29. The van der Waals surface area contributed by atoms with E-state index in [1.54, 1.807) is 0 Å². The van der Waals surface area contributed by atoms with Gasteiger partial charge in [-0.05, 0) is 13.0 Å². The van der Waals surface area contributed by atoms with Crippen molar-refractivity contribution in [2.24, 2.45) is 7.05 Å². The van der Waals surface area contributed by atoms with E-state index in [0.29, 0.717) is 6.10 Å². The molecule has 0 radical (unpaired) electrons. The van der Waals surface area contributed by atoms with E-state index in [1.165, 1.54) is 11.3 Å². The molecule has 5 heteroatoms. The molecule has 1 aromatic rings. The summed E-state index contributed by atoms with van der Waals surface area (Å²) in [5, 5.41) is 7.96. The zero-order valence-electron chi connectivity index (χ0n) is 12.4. The van der Waals surface area contributed by atoms with Crippen molar-refractivity contribution in [3.05, 3.63) is 17.5 Å². The summed E-state index contributed by atoms with van der Waals surface area (Å²) in [7, 11) is 1.98. The molecule has 0 aromatic carbocycles. The van der Waals surface area contributed by atoms with Crippen LogP contribution < -0.4 is 5.32 Å². The van der Waals surface area contributed by atoms with Crippen molar-refractivity contribution in [3.63, 3.8) is 0 Å². The Hall–Kier alpha value is -0.910. The lowest BCUT2D eigenvalue weighted by molar-refractivity contribution is -0.0253. The molecule has 5 nitrogen and oxygen atoms in total. The predicted octanol–water partition coefficient (Wildman–Crippen LogP) is 0.793. The first kappa shape index (κ1) is 14.5. The van der Waals surface area contributed by atoms with Gasteiger partial charge in [0.05, 0.1) is 18.4 Å². The summed E-state index contributed by atoms with van der Waals surface area (Å²) in [6.45, 7) is 10.2. The second-order valence-corrected chi connectivity index (χ2v) is 5.15. The van der Waals surface area contributed by atoms with E-state index in [9.17, 15) is 0 Å². The average Bonchev–Trinajstić information content (AvgIpc) is 2.79. The van der Waals surface area contributed by atoms with Crippen molar-refractivity contribution in [1.82, 2.24) is 20.0 Å². The second-order valence-electron chi connectivity index (χ2n) is 5.15. The summed E-state index contributed by atoms with van der Waals surface area (Å²) in [5.74, 6) is 0. The molecule has 2 heterocycles. The van der Waals surface area contributed by atoms with Crippen LogP contribution in [0, 0.1) is 0 Å². The van der Waals surface area contributed by atoms with Gasteiger partial charge in [-0.1, -0.05) is 13.8 Å². The van der Waals surface area contributed by atoms with Gasteiger partial charge in [0.25, 0.3) is 0 Å². The normalized spacial score (nSPS) is 20.9. The van der Waals surface area contributed by atoms with Crippen LogP contribution in [0.15, 0.2) is 6.20 Å². The standard InChI is InChI=1S/C14H26N4O/c1-4-14-12(10-17(3)16-14)8-15-9-13-11-18(5-2)6-7-19-13/h10,13,15H,4-9,11H2,1-3H3. The summed E-state index contributed by atoms with van der Waals surface area (Å²) in [6.07, 6.45) is 3.41. The number of hydrogen-bond donors (Lipinski definition) is 1. The van der Waals surface area contributed by atoms with Crippen molar-refractivity contribution in [3.8, 4) is 0 Å². The Morgan fingerprint density at radius 1 is 1.47 bits per heavy atom. The molecule has 1 N–H and O–H groups in total. The van der Waals surface area contributed by atoms with Gasteiger partial charge in [0.15, 0.2) is 0 Å². The molecule has 19 heavy (non-hydrogen) atoms. The van der Waals surface area contributed by atoms with Gasteiger partial charge in [0, 0.05) is 45.0 Å². The topological polar surface area (TPSA) is 42.3 Å². The molecule has 1 atom stereocenters. The molecule has 1 aliphatic rings. The molecule has 108 valence electrons. The maximum Gasteiger partial charge on any atom is 0.0826 e. The summed E-state index contributed by atoms with van der Waals surface area (Å²) < 4.78 is 7.68. The van der Waals surface area contributed by atoms with Gasteiger partial charge in [-0.15, -0.1) is 0 Å². The van der Waals surface area contributed by atoms with Gasteiger partial charge in [0.2, 0.25) is 0 Å². The van der Waals surface area contributed by atoms with Crippen LogP contribution in [0.5, 0.6) is 0 Å². The molecule has 0 spiro atoms. The average molecular weight is 266 g/mol. The van der Waals surface area contributed by atoms with Crippen molar-refractivity contribution in [1.29, 1.82) is 0 Å². The molecule has 0 saturated carbocycles. The number of rotatable bonds is 6. The zero-order chi connectivity index (χ0) is 13.7. The number of nitrogens with one attached hydrogen (secondary N) is 1.